The Labute approximate surface area is 186 Å². The maximum absolute atomic E-state index is 13.8. The number of carbonyl (C=O) groups is 2. The van der Waals surface area contributed by atoms with Crippen molar-refractivity contribution in [2.24, 2.45) is 5.41 Å². The molecule has 0 aliphatic carbocycles. The minimum absolute atomic E-state index is 0.0835. The van der Waals surface area contributed by atoms with Crippen LogP contribution in [0.1, 0.15) is 54.0 Å². The van der Waals surface area contributed by atoms with Gasteiger partial charge < -0.3 is 18.8 Å². The second kappa shape index (κ2) is 7.93. The molecule has 8 heteroatoms. The van der Waals surface area contributed by atoms with E-state index in [1.165, 1.54) is 6.26 Å². The quantitative estimate of drug-likeness (QED) is 0.617. The van der Waals surface area contributed by atoms with Gasteiger partial charge in [-0.15, -0.1) is 0 Å². The van der Waals surface area contributed by atoms with E-state index >= 15 is 0 Å². The fourth-order valence-electron chi connectivity index (χ4n) is 5.00. The first-order valence-corrected chi connectivity index (χ1v) is 11.0. The van der Waals surface area contributed by atoms with Crippen molar-refractivity contribution >= 4 is 11.8 Å². The zero-order valence-corrected chi connectivity index (χ0v) is 18.3. The van der Waals surface area contributed by atoms with Gasteiger partial charge in [0.2, 0.25) is 5.91 Å². The van der Waals surface area contributed by atoms with Crippen LogP contribution in [0.15, 0.2) is 59.9 Å². The maximum Gasteiger partial charge on any atom is 0.289 e. The van der Waals surface area contributed by atoms with Crippen LogP contribution in [0.2, 0.25) is 0 Å². The van der Waals surface area contributed by atoms with E-state index in [0.29, 0.717) is 38.4 Å². The molecule has 0 saturated carbocycles. The van der Waals surface area contributed by atoms with Gasteiger partial charge >= 0.3 is 0 Å². The zero-order chi connectivity index (χ0) is 22.3. The first-order valence-electron chi connectivity index (χ1n) is 11.0. The molecule has 5 rings (SSSR count). The summed E-state index contributed by atoms with van der Waals surface area (Å²) in [5.41, 5.74) is 1.19. The lowest BCUT2D eigenvalue weighted by Crippen LogP contribution is -2.40. The van der Waals surface area contributed by atoms with Gasteiger partial charge in [-0.1, -0.05) is 6.07 Å². The van der Waals surface area contributed by atoms with Gasteiger partial charge in [0.05, 0.1) is 23.7 Å². The van der Waals surface area contributed by atoms with Crippen molar-refractivity contribution in [3.05, 3.63) is 72.5 Å². The van der Waals surface area contributed by atoms with Crippen LogP contribution in [0.25, 0.3) is 0 Å². The number of hydrogen-bond acceptors (Lipinski definition) is 5. The van der Waals surface area contributed by atoms with Gasteiger partial charge in [-0.3, -0.25) is 14.6 Å². The highest BCUT2D eigenvalue weighted by Gasteiger charge is 2.58. The Bertz CT molecular complexity index is 1110. The van der Waals surface area contributed by atoms with E-state index < -0.39 is 5.41 Å². The molecular weight excluding hydrogens is 406 g/mol. The summed E-state index contributed by atoms with van der Waals surface area (Å²) in [6.07, 6.45) is 9.55. The molecule has 0 unspecified atom stereocenters. The van der Waals surface area contributed by atoms with Crippen LogP contribution < -0.4 is 0 Å². The van der Waals surface area contributed by atoms with Crippen molar-refractivity contribution in [3.8, 4) is 0 Å². The standard InChI is InChI=1S/C24H27N5O3/c1-17(2)29-14-20(26-16-29)19-13-28(22(30)21-6-4-10-32-21)15-24(19)7-9-27(23(24)31)12-18-5-3-8-25-11-18/h3-6,8,10-11,14,16-17,19H,7,9,12-13,15H2,1-2H3/t19-,24-/m1/s1. The van der Waals surface area contributed by atoms with E-state index in [1.54, 1.807) is 29.4 Å². The molecule has 3 aromatic heterocycles. The van der Waals surface area contributed by atoms with Gasteiger partial charge in [0.25, 0.3) is 5.91 Å². The SMILES string of the molecule is CC(C)n1cnc([C@H]2CN(C(=O)c3ccco3)C[C@]23CCN(Cc2cccnc2)C3=O)c1. The lowest BCUT2D eigenvalue weighted by Gasteiger charge is -2.27. The number of pyridine rings is 1. The molecule has 1 spiro atoms. The van der Waals surface area contributed by atoms with Crippen LogP contribution in [-0.4, -0.2) is 55.8 Å². The third-order valence-electron chi connectivity index (χ3n) is 6.77. The molecule has 2 fully saturated rings. The normalized spacial score (nSPS) is 23.1. The molecule has 166 valence electrons. The summed E-state index contributed by atoms with van der Waals surface area (Å²) in [5.74, 6) is 0.0397. The van der Waals surface area contributed by atoms with Gasteiger partial charge in [-0.2, -0.15) is 0 Å². The van der Waals surface area contributed by atoms with Crippen LogP contribution in [0, 0.1) is 5.41 Å². The maximum atomic E-state index is 13.8. The van der Waals surface area contributed by atoms with Crippen LogP contribution in [-0.2, 0) is 11.3 Å². The number of amides is 2. The van der Waals surface area contributed by atoms with Gasteiger partial charge in [-0.05, 0) is 44.0 Å². The number of likely N-dealkylation sites (tertiary alicyclic amines) is 2. The van der Waals surface area contributed by atoms with Gasteiger partial charge in [0.1, 0.15) is 0 Å². The summed E-state index contributed by atoms with van der Waals surface area (Å²) in [6.45, 7) is 6.18. The molecule has 2 aliphatic heterocycles. The Morgan fingerprint density at radius 3 is 2.88 bits per heavy atom. The molecule has 0 N–H and O–H groups in total. The topological polar surface area (TPSA) is 84.5 Å². The monoisotopic (exact) mass is 433 g/mol. The third kappa shape index (κ3) is 3.39. The molecule has 8 nitrogen and oxygen atoms in total. The van der Waals surface area contributed by atoms with E-state index in [1.807, 2.05) is 34.1 Å². The summed E-state index contributed by atoms with van der Waals surface area (Å²) >= 11 is 0. The summed E-state index contributed by atoms with van der Waals surface area (Å²) < 4.78 is 7.40. The van der Waals surface area contributed by atoms with Gasteiger partial charge in [-0.25, -0.2) is 4.98 Å². The van der Waals surface area contributed by atoms with Crippen molar-refractivity contribution in [3.63, 3.8) is 0 Å². The zero-order valence-electron chi connectivity index (χ0n) is 18.3. The Hall–Kier alpha value is -3.42. The van der Waals surface area contributed by atoms with E-state index in [0.717, 1.165) is 11.3 Å². The Morgan fingerprint density at radius 1 is 1.31 bits per heavy atom. The van der Waals surface area contributed by atoms with Crippen LogP contribution >= 0.6 is 0 Å². The lowest BCUT2D eigenvalue weighted by molar-refractivity contribution is -0.136. The van der Waals surface area contributed by atoms with Crippen molar-refractivity contribution < 1.29 is 14.0 Å². The highest BCUT2D eigenvalue weighted by atomic mass is 16.3. The van der Waals surface area contributed by atoms with E-state index in [2.05, 4.69) is 23.8 Å². The van der Waals surface area contributed by atoms with Crippen molar-refractivity contribution in [1.82, 2.24) is 24.3 Å². The molecule has 0 aromatic carbocycles. The first kappa shape index (κ1) is 20.5. The van der Waals surface area contributed by atoms with Crippen LogP contribution in [0.5, 0.6) is 0 Å². The third-order valence-corrected chi connectivity index (χ3v) is 6.77. The Kier molecular flexibility index (Phi) is 5.07. The second-order valence-electron chi connectivity index (χ2n) is 9.05. The Balaban J connectivity index is 1.47. The van der Waals surface area contributed by atoms with E-state index in [4.69, 9.17) is 4.42 Å². The van der Waals surface area contributed by atoms with Gasteiger partial charge in [0, 0.05) is 56.7 Å². The van der Waals surface area contributed by atoms with E-state index in [-0.39, 0.29) is 23.8 Å². The Morgan fingerprint density at radius 2 is 2.19 bits per heavy atom. The van der Waals surface area contributed by atoms with Crippen molar-refractivity contribution in [2.45, 2.75) is 38.8 Å². The first-order chi connectivity index (χ1) is 15.5. The molecule has 2 aliphatic rings. The van der Waals surface area contributed by atoms with Crippen LogP contribution in [0.4, 0.5) is 0 Å². The molecule has 5 heterocycles. The predicted octanol–water partition coefficient (Wildman–Crippen LogP) is 3.11. The smallest absolute Gasteiger partial charge is 0.289 e. The number of aromatic nitrogens is 3. The highest BCUT2D eigenvalue weighted by Crippen LogP contribution is 2.50. The number of furan rings is 1. The average molecular weight is 434 g/mol. The molecular formula is C24H27N5O3. The van der Waals surface area contributed by atoms with Crippen molar-refractivity contribution in [2.75, 3.05) is 19.6 Å². The summed E-state index contributed by atoms with van der Waals surface area (Å²) in [7, 11) is 0. The number of hydrogen-bond donors (Lipinski definition) is 0. The fourth-order valence-corrected chi connectivity index (χ4v) is 5.00. The number of carbonyl (C=O) groups excluding carboxylic acids is 2. The largest absolute Gasteiger partial charge is 0.459 e. The molecule has 3 aromatic rings. The molecule has 0 bridgehead atoms. The second-order valence-corrected chi connectivity index (χ2v) is 9.05. The number of nitrogens with zero attached hydrogens (tertiary/aromatic N) is 5. The molecule has 0 radical (unpaired) electrons. The molecule has 32 heavy (non-hydrogen) atoms. The predicted molar refractivity (Wildman–Crippen MR) is 117 cm³/mol. The lowest BCUT2D eigenvalue weighted by atomic mass is 9.75. The minimum atomic E-state index is -0.680. The average Bonchev–Trinajstić information content (AvgIpc) is 3.58. The highest BCUT2D eigenvalue weighted by molar-refractivity contribution is 5.94. The molecule has 2 saturated heterocycles. The summed E-state index contributed by atoms with van der Waals surface area (Å²) in [6, 6.07) is 7.51. The molecule has 2 atom stereocenters. The van der Waals surface area contributed by atoms with Crippen molar-refractivity contribution in [1.29, 1.82) is 0 Å². The molecule has 2 amide bonds. The summed E-state index contributed by atoms with van der Waals surface area (Å²) in [5, 5.41) is 0. The summed E-state index contributed by atoms with van der Waals surface area (Å²) in [4.78, 5) is 39.4. The fraction of sp³-hybridized carbons (Fsp3) is 0.417. The van der Waals surface area contributed by atoms with Crippen LogP contribution in [0.3, 0.4) is 0 Å². The number of imidazole rings is 1. The van der Waals surface area contributed by atoms with Gasteiger partial charge in [0.15, 0.2) is 5.76 Å². The number of rotatable bonds is 5. The minimum Gasteiger partial charge on any atom is -0.459 e. The van der Waals surface area contributed by atoms with E-state index in [9.17, 15) is 9.59 Å².